The predicted octanol–water partition coefficient (Wildman–Crippen LogP) is 1.08. The van der Waals surface area contributed by atoms with E-state index >= 15 is 0 Å². The quantitative estimate of drug-likeness (QED) is 0.741. The van der Waals surface area contributed by atoms with E-state index in [4.69, 9.17) is 5.73 Å². The summed E-state index contributed by atoms with van der Waals surface area (Å²) in [6, 6.07) is 3.61. The monoisotopic (exact) mass is 358 g/mol. The van der Waals surface area contributed by atoms with Gasteiger partial charge in [0.15, 0.2) is 0 Å². The molecule has 1 aromatic carbocycles. The second kappa shape index (κ2) is 7.82. The molecule has 0 aliphatic rings. The zero-order chi connectivity index (χ0) is 16.3. The van der Waals surface area contributed by atoms with Crippen LogP contribution in [0.15, 0.2) is 23.1 Å². The molecule has 0 aromatic heterocycles. The number of hydrogen-bond acceptors (Lipinski definition) is 5. The van der Waals surface area contributed by atoms with Gasteiger partial charge in [-0.2, -0.15) is 0 Å². The van der Waals surface area contributed by atoms with E-state index < -0.39 is 35.0 Å². The van der Waals surface area contributed by atoms with E-state index in [0.29, 0.717) is 5.56 Å². The molecule has 126 valence electrons. The number of methoxy groups -OCH3 is 1. The summed E-state index contributed by atoms with van der Waals surface area (Å²) >= 11 is 0. The maximum atomic E-state index is 13.0. The first kappa shape index (κ1) is 20.7. The SMILES string of the molecule is COC(=O)c1ccc(S(=O)(=O)NCC(F)(F)CN)cc1C.Cl. The Kier molecular flexibility index (Phi) is 7.36. The lowest BCUT2D eigenvalue weighted by molar-refractivity contribution is 0.0170. The van der Waals surface area contributed by atoms with Crippen LogP contribution in [0.4, 0.5) is 8.78 Å². The number of aryl methyl sites for hydroxylation is 1. The van der Waals surface area contributed by atoms with Crippen LogP contribution < -0.4 is 10.5 Å². The Balaban J connectivity index is 0.00000441. The Morgan fingerprint density at radius 2 is 2.00 bits per heavy atom. The zero-order valence-electron chi connectivity index (χ0n) is 11.9. The number of alkyl halides is 2. The highest BCUT2D eigenvalue weighted by atomic mass is 35.5. The highest BCUT2D eigenvalue weighted by molar-refractivity contribution is 7.89. The summed E-state index contributed by atoms with van der Waals surface area (Å²) in [7, 11) is -2.92. The number of hydrogen-bond donors (Lipinski definition) is 2. The third-order valence-corrected chi connectivity index (χ3v) is 4.13. The number of benzene rings is 1. The zero-order valence-corrected chi connectivity index (χ0v) is 13.6. The first-order valence-corrected chi connectivity index (χ1v) is 7.38. The second-order valence-corrected chi connectivity index (χ2v) is 6.12. The summed E-state index contributed by atoms with van der Waals surface area (Å²) < 4.78 is 56.1. The number of sulfonamides is 1. The Bertz CT molecular complexity index is 638. The lowest BCUT2D eigenvalue weighted by Crippen LogP contribution is -2.41. The van der Waals surface area contributed by atoms with Gasteiger partial charge in [0.05, 0.1) is 30.7 Å². The molecule has 0 bridgehead atoms. The number of ether oxygens (including phenoxy) is 1. The normalized spacial score (nSPS) is 11.7. The van der Waals surface area contributed by atoms with Crippen molar-refractivity contribution in [1.29, 1.82) is 0 Å². The number of carbonyl (C=O) groups excluding carboxylic acids is 1. The first-order chi connectivity index (χ1) is 9.63. The minimum Gasteiger partial charge on any atom is -0.465 e. The van der Waals surface area contributed by atoms with Crippen LogP contribution >= 0.6 is 12.4 Å². The van der Waals surface area contributed by atoms with E-state index in [2.05, 4.69) is 4.74 Å². The van der Waals surface area contributed by atoms with Gasteiger partial charge in [0.1, 0.15) is 0 Å². The van der Waals surface area contributed by atoms with E-state index in [1.165, 1.54) is 26.2 Å². The molecule has 0 radical (unpaired) electrons. The maximum Gasteiger partial charge on any atom is 0.338 e. The third-order valence-electron chi connectivity index (χ3n) is 2.73. The average Bonchev–Trinajstić information content (AvgIpc) is 2.44. The molecule has 1 rings (SSSR count). The van der Waals surface area contributed by atoms with Gasteiger partial charge in [-0.3, -0.25) is 0 Å². The molecule has 0 spiro atoms. The van der Waals surface area contributed by atoms with Crippen molar-refractivity contribution in [3.05, 3.63) is 29.3 Å². The van der Waals surface area contributed by atoms with Crippen molar-refractivity contribution in [2.24, 2.45) is 5.73 Å². The fraction of sp³-hybridized carbons (Fsp3) is 0.417. The third kappa shape index (κ3) is 5.16. The average molecular weight is 359 g/mol. The minimum absolute atomic E-state index is 0. The van der Waals surface area contributed by atoms with Gasteiger partial charge in [-0.05, 0) is 30.7 Å². The number of esters is 1. The van der Waals surface area contributed by atoms with Crippen LogP contribution in [0.1, 0.15) is 15.9 Å². The van der Waals surface area contributed by atoms with Gasteiger partial charge in [0, 0.05) is 0 Å². The lowest BCUT2D eigenvalue weighted by atomic mass is 10.1. The van der Waals surface area contributed by atoms with Gasteiger partial charge in [-0.1, -0.05) is 0 Å². The topological polar surface area (TPSA) is 98.5 Å². The molecule has 0 aliphatic carbocycles. The Morgan fingerprint density at radius 1 is 1.41 bits per heavy atom. The van der Waals surface area contributed by atoms with Crippen LogP contribution in [0, 0.1) is 6.92 Å². The Morgan fingerprint density at radius 3 is 2.45 bits per heavy atom. The van der Waals surface area contributed by atoms with Crippen LogP contribution in [-0.4, -0.2) is 40.5 Å². The van der Waals surface area contributed by atoms with Crippen molar-refractivity contribution in [2.75, 3.05) is 20.2 Å². The van der Waals surface area contributed by atoms with Crippen LogP contribution in [0.5, 0.6) is 0 Å². The van der Waals surface area contributed by atoms with Gasteiger partial charge >= 0.3 is 5.97 Å². The molecule has 0 fully saturated rings. The molecule has 3 N–H and O–H groups in total. The largest absolute Gasteiger partial charge is 0.465 e. The van der Waals surface area contributed by atoms with E-state index in [1.807, 2.05) is 0 Å². The molecule has 0 atom stereocenters. The standard InChI is InChI=1S/C12H16F2N2O4S.ClH/c1-8-5-9(3-4-10(8)11(17)20-2)21(18,19)16-7-12(13,14)6-15;/h3-5,16H,6-7,15H2,1-2H3;1H. The van der Waals surface area contributed by atoms with Crippen molar-refractivity contribution in [2.45, 2.75) is 17.7 Å². The number of halogens is 3. The molecular formula is C12H17ClF2N2O4S. The lowest BCUT2D eigenvalue weighted by Gasteiger charge is -2.15. The number of carbonyl (C=O) groups is 1. The van der Waals surface area contributed by atoms with E-state index in [9.17, 15) is 22.0 Å². The molecule has 22 heavy (non-hydrogen) atoms. The van der Waals surface area contributed by atoms with E-state index in [-0.39, 0.29) is 22.9 Å². The Hall–Kier alpha value is -1.29. The Labute approximate surface area is 133 Å². The molecule has 0 amide bonds. The van der Waals surface area contributed by atoms with Gasteiger partial charge in [0.2, 0.25) is 10.0 Å². The summed E-state index contributed by atoms with van der Waals surface area (Å²) in [5.41, 5.74) is 5.39. The van der Waals surface area contributed by atoms with Crippen molar-refractivity contribution < 1.29 is 26.7 Å². The van der Waals surface area contributed by atoms with Gasteiger partial charge in [0.25, 0.3) is 5.92 Å². The smallest absolute Gasteiger partial charge is 0.338 e. The molecule has 0 aliphatic heterocycles. The molecule has 1 aromatic rings. The van der Waals surface area contributed by atoms with Crippen LogP contribution in [0.3, 0.4) is 0 Å². The molecule has 0 heterocycles. The summed E-state index contributed by atoms with van der Waals surface area (Å²) in [5, 5.41) is 0. The molecule has 10 heteroatoms. The molecule has 0 saturated carbocycles. The summed E-state index contributed by atoms with van der Waals surface area (Å²) in [4.78, 5) is 11.2. The minimum atomic E-state index is -4.11. The molecule has 0 saturated heterocycles. The van der Waals surface area contributed by atoms with Crippen molar-refractivity contribution in [3.8, 4) is 0 Å². The molecular weight excluding hydrogens is 342 g/mol. The van der Waals surface area contributed by atoms with E-state index in [0.717, 1.165) is 6.07 Å². The highest BCUT2D eigenvalue weighted by Crippen LogP contribution is 2.17. The van der Waals surface area contributed by atoms with Crippen LogP contribution in [-0.2, 0) is 14.8 Å². The van der Waals surface area contributed by atoms with Crippen molar-refractivity contribution in [1.82, 2.24) is 4.72 Å². The fourth-order valence-corrected chi connectivity index (χ4v) is 2.65. The van der Waals surface area contributed by atoms with E-state index in [1.54, 1.807) is 4.72 Å². The fourth-order valence-electron chi connectivity index (χ4n) is 1.50. The van der Waals surface area contributed by atoms with Gasteiger partial charge in [-0.25, -0.2) is 26.7 Å². The maximum absolute atomic E-state index is 13.0. The van der Waals surface area contributed by atoms with Crippen molar-refractivity contribution >= 4 is 28.4 Å². The summed E-state index contributed by atoms with van der Waals surface area (Å²) in [6.07, 6.45) is 0. The van der Waals surface area contributed by atoms with Crippen molar-refractivity contribution in [3.63, 3.8) is 0 Å². The molecule has 6 nitrogen and oxygen atoms in total. The first-order valence-electron chi connectivity index (χ1n) is 5.89. The summed E-state index contributed by atoms with van der Waals surface area (Å²) in [6.45, 7) is -0.542. The predicted molar refractivity (Wildman–Crippen MR) is 79.0 cm³/mol. The number of nitrogens with two attached hydrogens (primary N) is 1. The highest BCUT2D eigenvalue weighted by Gasteiger charge is 2.29. The van der Waals surface area contributed by atoms with Gasteiger partial charge in [-0.15, -0.1) is 12.4 Å². The van der Waals surface area contributed by atoms with Gasteiger partial charge < -0.3 is 10.5 Å². The number of nitrogens with one attached hydrogen (secondary N) is 1. The van der Waals surface area contributed by atoms with Crippen LogP contribution in [0.25, 0.3) is 0 Å². The number of rotatable bonds is 6. The summed E-state index contributed by atoms with van der Waals surface area (Å²) in [5.74, 6) is -3.94. The van der Waals surface area contributed by atoms with Crippen LogP contribution in [0.2, 0.25) is 0 Å². The molecule has 0 unspecified atom stereocenters. The second-order valence-electron chi connectivity index (χ2n) is 4.35.